The van der Waals surface area contributed by atoms with E-state index in [1.807, 2.05) is 0 Å². The Hall–Kier alpha value is -0.690. The highest BCUT2D eigenvalue weighted by Crippen LogP contribution is 2.23. The molecule has 76 valence electrons. The van der Waals surface area contributed by atoms with Gasteiger partial charge in [-0.1, -0.05) is 6.92 Å². The zero-order valence-electron chi connectivity index (χ0n) is 7.62. The maximum atomic E-state index is 12.2. The van der Waals surface area contributed by atoms with Crippen molar-refractivity contribution in [1.82, 2.24) is 5.32 Å². The van der Waals surface area contributed by atoms with Gasteiger partial charge in [0.2, 0.25) is 0 Å². The molecule has 0 fully saturated rings. The van der Waals surface area contributed by atoms with Crippen LogP contribution in [0.4, 0.5) is 13.2 Å². The Kier molecular flexibility index (Phi) is 5.56. The minimum absolute atomic E-state index is 0.0571. The Bertz CT molecular complexity index is 169. The van der Waals surface area contributed by atoms with Crippen LogP contribution in [-0.2, 0) is 0 Å². The van der Waals surface area contributed by atoms with E-state index in [2.05, 4.69) is 11.2 Å². The standard InChI is InChI=1S/C9H14F3N/c1-3-5-6-7-8(13-4-2)9(10,11)12/h1,8,13H,4-7H2,2H3. The van der Waals surface area contributed by atoms with Crippen molar-refractivity contribution < 1.29 is 13.2 Å². The van der Waals surface area contributed by atoms with Crippen LogP contribution in [0.15, 0.2) is 0 Å². The van der Waals surface area contributed by atoms with E-state index in [1.165, 1.54) is 0 Å². The van der Waals surface area contributed by atoms with E-state index < -0.39 is 12.2 Å². The summed E-state index contributed by atoms with van der Waals surface area (Å²) in [5, 5.41) is 2.39. The third-order valence-corrected chi connectivity index (χ3v) is 1.66. The molecule has 0 heterocycles. The van der Waals surface area contributed by atoms with Gasteiger partial charge >= 0.3 is 6.18 Å². The molecule has 0 amide bonds. The lowest BCUT2D eigenvalue weighted by molar-refractivity contribution is -0.157. The van der Waals surface area contributed by atoms with Crippen LogP contribution in [-0.4, -0.2) is 18.8 Å². The highest BCUT2D eigenvalue weighted by Gasteiger charge is 2.38. The Morgan fingerprint density at radius 2 is 2.08 bits per heavy atom. The van der Waals surface area contributed by atoms with Gasteiger partial charge in [0, 0.05) is 6.42 Å². The molecule has 0 radical (unpaired) electrons. The summed E-state index contributed by atoms with van der Waals surface area (Å²) in [5.74, 6) is 2.32. The molecule has 0 aliphatic rings. The molecule has 0 aromatic rings. The summed E-state index contributed by atoms with van der Waals surface area (Å²) in [4.78, 5) is 0. The lowest BCUT2D eigenvalue weighted by Gasteiger charge is -2.20. The third kappa shape index (κ3) is 5.53. The number of halogens is 3. The molecule has 0 saturated heterocycles. The lowest BCUT2D eigenvalue weighted by Crippen LogP contribution is -2.42. The van der Waals surface area contributed by atoms with Gasteiger partial charge in [0.1, 0.15) is 6.04 Å². The zero-order valence-corrected chi connectivity index (χ0v) is 7.62. The van der Waals surface area contributed by atoms with E-state index in [0.29, 0.717) is 19.4 Å². The number of terminal acetylenes is 1. The fraction of sp³-hybridized carbons (Fsp3) is 0.778. The van der Waals surface area contributed by atoms with Gasteiger partial charge in [0.25, 0.3) is 0 Å². The van der Waals surface area contributed by atoms with Gasteiger partial charge < -0.3 is 5.32 Å². The number of hydrogen-bond donors (Lipinski definition) is 1. The quantitative estimate of drug-likeness (QED) is 0.522. The first-order valence-corrected chi connectivity index (χ1v) is 4.26. The number of hydrogen-bond acceptors (Lipinski definition) is 1. The van der Waals surface area contributed by atoms with Gasteiger partial charge in [0.05, 0.1) is 0 Å². The summed E-state index contributed by atoms with van der Waals surface area (Å²) >= 11 is 0. The van der Waals surface area contributed by atoms with Gasteiger partial charge in [-0.3, -0.25) is 0 Å². The average Bonchev–Trinajstić information content (AvgIpc) is 2.01. The molecule has 4 heteroatoms. The number of unbranched alkanes of at least 4 members (excludes halogenated alkanes) is 1. The van der Waals surface area contributed by atoms with Crippen LogP contribution >= 0.6 is 0 Å². The molecule has 1 atom stereocenters. The van der Waals surface area contributed by atoms with Crippen LogP contribution in [0, 0.1) is 12.3 Å². The fourth-order valence-corrected chi connectivity index (χ4v) is 1.04. The summed E-state index contributed by atoms with van der Waals surface area (Å²) < 4.78 is 36.7. The Morgan fingerprint density at radius 3 is 2.46 bits per heavy atom. The van der Waals surface area contributed by atoms with Gasteiger partial charge in [-0.05, 0) is 19.4 Å². The SMILES string of the molecule is C#CCCCC(NCC)C(F)(F)F. The van der Waals surface area contributed by atoms with Crippen molar-refractivity contribution >= 4 is 0 Å². The molecule has 0 bridgehead atoms. The molecular formula is C9H14F3N. The van der Waals surface area contributed by atoms with Crippen LogP contribution in [0.2, 0.25) is 0 Å². The highest BCUT2D eigenvalue weighted by atomic mass is 19.4. The van der Waals surface area contributed by atoms with Crippen molar-refractivity contribution in [2.45, 2.75) is 38.4 Å². The highest BCUT2D eigenvalue weighted by molar-refractivity contribution is 4.84. The maximum Gasteiger partial charge on any atom is 0.403 e. The molecule has 0 aromatic heterocycles. The van der Waals surface area contributed by atoms with Crippen LogP contribution < -0.4 is 5.32 Å². The van der Waals surface area contributed by atoms with Crippen LogP contribution in [0.25, 0.3) is 0 Å². The molecule has 0 saturated carbocycles. The van der Waals surface area contributed by atoms with Crippen LogP contribution in [0.1, 0.15) is 26.2 Å². The molecule has 0 spiro atoms. The molecule has 13 heavy (non-hydrogen) atoms. The summed E-state index contributed by atoms with van der Waals surface area (Å²) in [5.41, 5.74) is 0. The second kappa shape index (κ2) is 5.87. The van der Waals surface area contributed by atoms with Crippen molar-refractivity contribution in [2.24, 2.45) is 0 Å². The summed E-state index contributed by atoms with van der Waals surface area (Å²) in [6.07, 6.45) is 1.65. The molecule has 0 aliphatic carbocycles. The second-order valence-corrected chi connectivity index (χ2v) is 2.75. The van der Waals surface area contributed by atoms with Crippen molar-refractivity contribution in [3.05, 3.63) is 0 Å². The van der Waals surface area contributed by atoms with E-state index in [-0.39, 0.29) is 6.42 Å². The first kappa shape index (κ1) is 12.3. The van der Waals surface area contributed by atoms with Crippen molar-refractivity contribution in [2.75, 3.05) is 6.54 Å². The molecule has 0 aromatic carbocycles. The zero-order chi connectivity index (χ0) is 10.3. The number of nitrogens with one attached hydrogen (secondary N) is 1. The van der Waals surface area contributed by atoms with Crippen LogP contribution in [0.3, 0.4) is 0 Å². The first-order valence-electron chi connectivity index (χ1n) is 4.26. The predicted molar refractivity (Wildman–Crippen MR) is 46.2 cm³/mol. The first-order chi connectivity index (χ1) is 6.02. The van der Waals surface area contributed by atoms with Gasteiger partial charge in [0.15, 0.2) is 0 Å². The maximum absolute atomic E-state index is 12.2. The Labute approximate surface area is 76.7 Å². The van der Waals surface area contributed by atoms with Gasteiger partial charge in [-0.15, -0.1) is 12.3 Å². The summed E-state index contributed by atoms with van der Waals surface area (Å²) in [6, 6.07) is -1.41. The van der Waals surface area contributed by atoms with E-state index in [9.17, 15) is 13.2 Å². The average molecular weight is 193 g/mol. The molecule has 1 nitrogen and oxygen atoms in total. The molecule has 1 unspecified atom stereocenters. The van der Waals surface area contributed by atoms with E-state index in [4.69, 9.17) is 6.42 Å². The molecule has 1 N–H and O–H groups in total. The minimum Gasteiger partial charge on any atom is -0.306 e. The number of alkyl halides is 3. The molecular weight excluding hydrogens is 179 g/mol. The number of rotatable bonds is 5. The van der Waals surface area contributed by atoms with Crippen LogP contribution in [0.5, 0.6) is 0 Å². The predicted octanol–water partition coefficient (Wildman–Crippen LogP) is 2.33. The normalized spacial score (nSPS) is 13.8. The largest absolute Gasteiger partial charge is 0.403 e. The summed E-state index contributed by atoms with van der Waals surface area (Å²) in [6.45, 7) is 1.97. The van der Waals surface area contributed by atoms with Crippen molar-refractivity contribution in [3.63, 3.8) is 0 Å². The Morgan fingerprint density at radius 1 is 1.46 bits per heavy atom. The summed E-state index contributed by atoms with van der Waals surface area (Å²) in [7, 11) is 0. The van der Waals surface area contributed by atoms with E-state index >= 15 is 0 Å². The third-order valence-electron chi connectivity index (χ3n) is 1.66. The van der Waals surface area contributed by atoms with Crippen molar-refractivity contribution in [3.8, 4) is 12.3 Å². The van der Waals surface area contributed by atoms with Gasteiger partial charge in [-0.25, -0.2) is 0 Å². The smallest absolute Gasteiger partial charge is 0.306 e. The van der Waals surface area contributed by atoms with Crippen molar-refractivity contribution in [1.29, 1.82) is 0 Å². The monoisotopic (exact) mass is 193 g/mol. The second-order valence-electron chi connectivity index (χ2n) is 2.75. The fourth-order valence-electron chi connectivity index (χ4n) is 1.04. The van der Waals surface area contributed by atoms with Gasteiger partial charge in [-0.2, -0.15) is 13.2 Å². The lowest BCUT2D eigenvalue weighted by atomic mass is 10.1. The topological polar surface area (TPSA) is 12.0 Å². The van der Waals surface area contributed by atoms with E-state index in [0.717, 1.165) is 0 Å². The van der Waals surface area contributed by atoms with E-state index in [1.54, 1.807) is 6.92 Å². The molecule has 0 aliphatic heterocycles. The minimum atomic E-state index is -4.16. The Balaban J connectivity index is 3.89. The molecule has 0 rings (SSSR count).